The number of amides is 1. The summed E-state index contributed by atoms with van der Waals surface area (Å²) < 4.78 is 29.7. The molecule has 0 bridgehead atoms. The molecule has 1 fully saturated rings. The number of hydrogen-bond donors (Lipinski definition) is 1. The molecule has 8 heteroatoms. The standard InChI is InChI=1S/C24H21F2N3O3/c25-17-5-1-3-15(9-17)21(16-4-2-6-18(26)10-16)19-13-28(12-14-7-8-14)24(32)22-23(31)20(30)11-27-29(19)22/h1-6,9-11,14,19,21,31H,7-8,12-13H2/t19-/m1/s1. The van der Waals surface area contributed by atoms with E-state index in [-0.39, 0.29) is 12.2 Å². The Hall–Kier alpha value is -3.55. The van der Waals surface area contributed by atoms with Gasteiger partial charge in [0.1, 0.15) is 11.6 Å². The third kappa shape index (κ3) is 3.66. The zero-order chi connectivity index (χ0) is 22.4. The minimum atomic E-state index is -0.746. The maximum atomic E-state index is 14.2. The highest BCUT2D eigenvalue weighted by atomic mass is 19.1. The van der Waals surface area contributed by atoms with Gasteiger partial charge in [-0.05, 0) is 54.2 Å². The molecular formula is C24H21F2N3O3. The van der Waals surface area contributed by atoms with E-state index < -0.39 is 40.7 Å². The Balaban J connectivity index is 1.71. The molecule has 6 nitrogen and oxygen atoms in total. The van der Waals surface area contributed by atoms with Crippen molar-refractivity contribution >= 4 is 5.91 Å². The Morgan fingerprint density at radius 2 is 1.66 bits per heavy atom. The monoisotopic (exact) mass is 437 g/mol. The number of rotatable bonds is 5. The maximum Gasteiger partial charge on any atom is 0.276 e. The van der Waals surface area contributed by atoms with Crippen LogP contribution in [0.5, 0.6) is 5.75 Å². The predicted molar refractivity (Wildman–Crippen MR) is 112 cm³/mol. The van der Waals surface area contributed by atoms with Gasteiger partial charge in [0.25, 0.3) is 5.91 Å². The topological polar surface area (TPSA) is 75.4 Å². The van der Waals surface area contributed by atoms with E-state index in [4.69, 9.17) is 0 Å². The van der Waals surface area contributed by atoms with E-state index in [9.17, 15) is 23.5 Å². The van der Waals surface area contributed by atoms with E-state index in [0.717, 1.165) is 19.0 Å². The third-order valence-corrected chi connectivity index (χ3v) is 6.17. The summed E-state index contributed by atoms with van der Waals surface area (Å²) in [5, 5.41) is 14.6. The Morgan fingerprint density at radius 3 is 2.22 bits per heavy atom. The molecule has 1 atom stereocenters. The van der Waals surface area contributed by atoms with Crippen LogP contribution in [0.2, 0.25) is 0 Å². The zero-order valence-electron chi connectivity index (χ0n) is 17.1. The van der Waals surface area contributed by atoms with Gasteiger partial charge >= 0.3 is 0 Å². The van der Waals surface area contributed by atoms with Crippen LogP contribution in [0.25, 0.3) is 0 Å². The van der Waals surface area contributed by atoms with Gasteiger partial charge in [0.15, 0.2) is 11.4 Å². The molecule has 2 heterocycles. The van der Waals surface area contributed by atoms with Crippen LogP contribution in [0.1, 0.15) is 46.4 Å². The number of benzene rings is 2. The Morgan fingerprint density at radius 1 is 1.03 bits per heavy atom. The third-order valence-electron chi connectivity index (χ3n) is 6.17. The average molecular weight is 437 g/mol. The van der Waals surface area contributed by atoms with E-state index in [1.54, 1.807) is 29.2 Å². The largest absolute Gasteiger partial charge is 0.502 e. The molecule has 1 aliphatic carbocycles. The first-order valence-electron chi connectivity index (χ1n) is 10.5. The molecule has 0 radical (unpaired) electrons. The van der Waals surface area contributed by atoms with Gasteiger partial charge in [0.05, 0.1) is 12.2 Å². The lowest BCUT2D eigenvalue weighted by atomic mass is 9.83. The van der Waals surface area contributed by atoms with Crippen LogP contribution in [0, 0.1) is 17.6 Å². The van der Waals surface area contributed by atoms with Crippen LogP contribution in [-0.2, 0) is 0 Å². The first kappa shape index (κ1) is 20.4. The van der Waals surface area contributed by atoms with Crippen LogP contribution in [-0.4, -0.2) is 38.8 Å². The van der Waals surface area contributed by atoms with Crippen molar-refractivity contribution in [1.82, 2.24) is 14.7 Å². The van der Waals surface area contributed by atoms with Crippen LogP contribution in [0.4, 0.5) is 8.78 Å². The molecule has 2 aromatic carbocycles. The summed E-state index contributed by atoms with van der Waals surface area (Å²) in [6, 6.07) is 11.4. The minimum Gasteiger partial charge on any atom is -0.502 e. The number of carbonyl (C=O) groups is 1. The van der Waals surface area contributed by atoms with E-state index >= 15 is 0 Å². The van der Waals surface area contributed by atoms with Gasteiger partial charge in [0, 0.05) is 19.0 Å². The number of halogens is 2. The molecule has 1 amide bonds. The number of aromatic nitrogens is 2. The Kier molecular flexibility index (Phi) is 5.00. The Labute approximate surface area is 182 Å². The summed E-state index contributed by atoms with van der Waals surface area (Å²) in [6.07, 6.45) is 2.98. The number of carbonyl (C=O) groups excluding carboxylic acids is 1. The second-order valence-electron chi connectivity index (χ2n) is 8.46. The smallest absolute Gasteiger partial charge is 0.276 e. The molecule has 2 aliphatic rings. The zero-order valence-corrected chi connectivity index (χ0v) is 17.1. The first-order valence-corrected chi connectivity index (χ1v) is 10.5. The SMILES string of the molecule is O=C1c2c(O)c(=O)cnn2[C@@H](C(c2cccc(F)c2)c2cccc(F)c2)CN1CC1CC1. The Bertz CT molecular complexity index is 1210. The summed E-state index contributed by atoms with van der Waals surface area (Å²) in [4.78, 5) is 26.9. The van der Waals surface area contributed by atoms with Crippen molar-refractivity contribution < 1.29 is 18.7 Å². The molecule has 0 spiro atoms. The summed E-state index contributed by atoms with van der Waals surface area (Å²) in [5.41, 5.74) is 0.219. The van der Waals surface area contributed by atoms with Crippen molar-refractivity contribution in [2.75, 3.05) is 13.1 Å². The second kappa shape index (κ2) is 7.85. The van der Waals surface area contributed by atoms with Gasteiger partial charge < -0.3 is 10.0 Å². The predicted octanol–water partition coefficient (Wildman–Crippen LogP) is 3.47. The van der Waals surface area contributed by atoms with E-state index in [1.165, 1.54) is 28.9 Å². The highest BCUT2D eigenvalue weighted by molar-refractivity contribution is 5.95. The van der Waals surface area contributed by atoms with Crippen molar-refractivity contribution in [3.05, 3.63) is 93.4 Å². The lowest BCUT2D eigenvalue weighted by molar-refractivity contribution is 0.0624. The van der Waals surface area contributed by atoms with Crippen molar-refractivity contribution in [2.45, 2.75) is 24.8 Å². The molecule has 5 rings (SSSR count). The van der Waals surface area contributed by atoms with Crippen molar-refractivity contribution in [3.8, 4) is 5.75 Å². The highest BCUT2D eigenvalue weighted by Crippen LogP contribution is 2.41. The van der Waals surface area contributed by atoms with Crippen LogP contribution < -0.4 is 5.43 Å². The normalized spacial score (nSPS) is 18.2. The number of hydrogen-bond acceptors (Lipinski definition) is 4. The molecule has 3 aromatic rings. The fourth-order valence-electron chi connectivity index (χ4n) is 4.50. The fourth-order valence-corrected chi connectivity index (χ4v) is 4.50. The second-order valence-corrected chi connectivity index (χ2v) is 8.46. The molecule has 0 saturated heterocycles. The molecular weight excluding hydrogens is 416 g/mol. The number of aromatic hydroxyl groups is 1. The van der Waals surface area contributed by atoms with Gasteiger partial charge in [-0.15, -0.1) is 0 Å². The molecule has 1 aromatic heterocycles. The summed E-state index contributed by atoms with van der Waals surface area (Å²) in [7, 11) is 0. The van der Waals surface area contributed by atoms with Crippen LogP contribution in [0.15, 0.2) is 59.5 Å². The summed E-state index contributed by atoms with van der Waals surface area (Å²) >= 11 is 0. The fraction of sp³-hybridized carbons (Fsp3) is 0.292. The first-order chi connectivity index (χ1) is 15.4. The molecule has 1 N–H and O–H groups in total. The molecule has 1 aliphatic heterocycles. The van der Waals surface area contributed by atoms with Crippen molar-refractivity contribution in [1.29, 1.82) is 0 Å². The van der Waals surface area contributed by atoms with E-state index in [0.29, 0.717) is 23.6 Å². The lowest BCUT2D eigenvalue weighted by Crippen LogP contribution is -2.47. The van der Waals surface area contributed by atoms with Crippen LogP contribution in [0.3, 0.4) is 0 Å². The van der Waals surface area contributed by atoms with Gasteiger partial charge in [-0.25, -0.2) is 8.78 Å². The van der Waals surface area contributed by atoms with Gasteiger partial charge in [-0.3, -0.25) is 14.3 Å². The van der Waals surface area contributed by atoms with Gasteiger partial charge in [-0.1, -0.05) is 24.3 Å². The molecule has 164 valence electrons. The van der Waals surface area contributed by atoms with E-state index in [2.05, 4.69) is 5.10 Å². The lowest BCUT2D eigenvalue weighted by Gasteiger charge is -2.39. The van der Waals surface area contributed by atoms with E-state index in [1.807, 2.05) is 0 Å². The van der Waals surface area contributed by atoms with Crippen LogP contribution >= 0.6 is 0 Å². The molecule has 1 saturated carbocycles. The number of fused-ring (bicyclic) bond motifs is 1. The number of nitrogens with zero attached hydrogens (tertiary/aromatic N) is 3. The quantitative estimate of drug-likeness (QED) is 0.663. The highest BCUT2D eigenvalue weighted by Gasteiger charge is 2.41. The van der Waals surface area contributed by atoms with Crippen molar-refractivity contribution in [3.63, 3.8) is 0 Å². The maximum absolute atomic E-state index is 14.2. The summed E-state index contributed by atoms with van der Waals surface area (Å²) in [5.74, 6) is -2.22. The van der Waals surface area contributed by atoms with Gasteiger partial charge in [0.2, 0.25) is 5.43 Å². The minimum absolute atomic E-state index is 0.188. The summed E-state index contributed by atoms with van der Waals surface area (Å²) in [6.45, 7) is 0.728. The van der Waals surface area contributed by atoms with Crippen molar-refractivity contribution in [2.24, 2.45) is 5.92 Å². The molecule has 0 unspecified atom stereocenters. The molecule has 32 heavy (non-hydrogen) atoms. The van der Waals surface area contributed by atoms with Gasteiger partial charge in [-0.2, -0.15) is 5.10 Å². The average Bonchev–Trinajstić information content (AvgIpc) is 3.58.